The van der Waals surface area contributed by atoms with E-state index >= 15 is 0 Å². The molecular formula is C21H26N2O3. The second-order valence-electron chi connectivity index (χ2n) is 7.40. The summed E-state index contributed by atoms with van der Waals surface area (Å²) in [5.41, 5.74) is 1.22. The summed E-state index contributed by atoms with van der Waals surface area (Å²) in [5, 5.41) is 0. The van der Waals surface area contributed by atoms with E-state index in [4.69, 9.17) is 4.42 Å². The van der Waals surface area contributed by atoms with Crippen molar-refractivity contribution in [2.24, 2.45) is 0 Å². The van der Waals surface area contributed by atoms with Crippen molar-refractivity contribution < 1.29 is 14.0 Å². The zero-order valence-corrected chi connectivity index (χ0v) is 15.5. The van der Waals surface area contributed by atoms with E-state index in [-0.39, 0.29) is 17.2 Å². The number of amides is 2. The number of hydrogen-bond acceptors (Lipinski definition) is 3. The van der Waals surface area contributed by atoms with Crippen molar-refractivity contribution in [3.63, 3.8) is 0 Å². The van der Waals surface area contributed by atoms with Gasteiger partial charge in [-0.25, -0.2) is 0 Å². The van der Waals surface area contributed by atoms with Gasteiger partial charge in [0.15, 0.2) is 5.76 Å². The summed E-state index contributed by atoms with van der Waals surface area (Å²) in [6, 6.07) is 13.7. The molecule has 2 aromatic rings. The monoisotopic (exact) mass is 354 g/mol. The first kappa shape index (κ1) is 18.2. The van der Waals surface area contributed by atoms with Gasteiger partial charge >= 0.3 is 0 Å². The highest BCUT2D eigenvalue weighted by Gasteiger charge is 2.27. The third-order valence-corrected chi connectivity index (χ3v) is 5.17. The van der Waals surface area contributed by atoms with E-state index in [2.05, 4.69) is 26.0 Å². The molecule has 5 nitrogen and oxygen atoms in total. The first-order valence-electron chi connectivity index (χ1n) is 9.13. The molecular weight excluding hydrogens is 328 g/mol. The van der Waals surface area contributed by atoms with Gasteiger partial charge in [0.1, 0.15) is 0 Å². The maximum absolute atomic E-state index is 12.6. The number of piperazine rings is 1. The summed E-state index contributed by atoms with van der Waals surface area (Å²) in [5.74, 6) is 0.417. The van der Waals surface area contributed by atoms with E-state index in [0.29, 0.717) is 38.4 Å². The Kier molecular flexibility index (Phi) is 5.45. The molecule has 138 valence electrons. The van der Waals surface area contributed by atoms with Crippen LogP contribution in [0.15, 0.2) is 53.1 Å². The number of benzene rings is 1. The first-order valence-corrected chi connectivity index (χ1v) is 9.13. The summed E-state index contributed by atoms with van der Waals surface area (Å²) in [7, 11) is 0. The zero-order chi connectivity index (χ0) is 18.6. The molecule has 0 unspecified atom stereocenters. The fourth-order valence-corrected chi connectivity index (χ4v) is 3.33. The molecule has 2 heterocycles. The van der Waals surface area contributed by atoms with E-state index in [1.807, 2.05) is 23.1 Å². The van der Waals surface area contributed by atoms with Gasteiger partial charge in [-0.1, -0.05) is 44.2 Å². The predicted octanol–water partition coefficient (Wildman–Crippen LogP) is 3.32. The molecule has 0 spiro atoms. The highest BCUT2D eigenvalue weighted by atomic mass is 16.3. The van der Waals surface area contributed by atoms with Gasteiger partial charge in [0.25, 0.3) is 5.91 Å². The summed E-state index contributed by atoms with van der Waals surface area (Å²) in [6.07, 6.45) is 2.83. The van der Waals surface area contributed by atoms with Crippen molar-refractivity contribution in [2.75, 3.05) is 26.2 Å². The molecule has 1 aliphatic heterocycles. The summed E-state index contributed by atoms with van der Waals surface area (Å²) in [6.45, 7) is 6.61. The van der Waals surface area contributed by atoms with Crippen LogP contribution in [0, 0.1) is 0 Å². The lowest BCUT2D eigenvalue weighted by Gasteiger charge is -2.35. The summed E-state index contributed by atoms with van der Waals surface area (Å²) < 4.78 is 5.17. The molecule has 0 N–H and O–H groups in total. The van der Waals surface area contributed by atoms with Crippen LogP contribution < -0.4 is 0 Å². The smallest absolute Gasteiger partial charge is 0.289 e. The topological polar surface area (TPSA) is 53.8 Å². The van der Waals surface area contributed by atoms with Crippen LogP contribution in [0.3, 0.4) is 0 Å². The molecule has 5 heteroatoms. The van der Waals surface area contributed by atoms with E-state index in [1.54, 1.807) is 17.0 Å². The van der Waals surface area contributed by atoms with Gasteiger partial charge in [0.2, 0.25) is 5.91 Å². The van der Waals surface area contributed by atoms with Gasteiger partial charge < -0.3 is 14.2 Å². The molecule has 0 radical (unpaired) electrons. The Hall–Kier alpha value is -2.56. The molecule has 1 aromatic heterocycles. The highest BCUT2D eigenvalue weighted by molar-refractivity contribution is 5.91. The van der Waals surface area contributed by atoms with Crippen molar-refractivity contribution in [3.8, 4) is 0 Å². The molecule has 1 aromatic carbocycles. The molecule has 1 fully saturated rings. The maximum Gasteiger partial charge on any atom is 0.289 e. The van der Waals surface area contributed by atoms with Crippen molar-refractivity contribution in [3.05, 3.63) is 60.1 Å². The number of carbonyl (C=O) groups excluding carboxylic acids is 2. The van der Waals surface area contributed by atoms with Crippen LogP contribution in [0.4, 0.5) is 0 Å². The van der Waals surface area contributed by atoms with E-state index in [0.717, 1.165) is 6.42 Å². The number of hydrogen-bond donors (Lipinski definition) is 0. The molecule has 2 amide bonds. The molecule has 1 aliphatic rings. The lowest BCUT2D eigenvalue weighted by molar-refractivity contribution is -0.133. The lowest BCUT2D eigenvalue weighted by atomic mass is 9.80. The highest BCUT2D eigenvalue weighted by Crippen LogP contribution is 2.28. The molecule has 26 heavy (non-hydrogen) atoms. The normalized spacial score (nSPS) is 15.2. The molecule has 0 aliphatic carbocycles. The van der Waals surface area contributed by atoms with Gasteiger partial charge in [0, 0.05) is 32.6 Å². The van der Waals surface area contributed by atoms with Crippen LogP contribution in [-0.2, 0) is 10.2 Å². The number of nitrogens with zero attached hydrogens (tertiary/aromatic N) is 2. The van der Waals surface area contributed by atoms with E-state index in [9.17, 15) is 9.59 Å². The predicted molar refractivity (Wildman–Crippen MR) is 99.9 cm³/mol. The Morgan fingerprint density at radius 3 is 2.23 bits per heavy atom. The molecule has 1 saturated heterocycles. The maximum atomic E-state index is 12.6. The molecule has 0 bridgehead atoms. The average molecular weight is 354 g/mol. The van der Waals surface area contributed by atoms with Crippen molar-refractivity contribution in [1.82, 2.24) is 9.80 Å². The second-order valence-corrected chi connectivity index (χ2v) is 7.40. The van der Waals surface area contributed by atoms with Gasteiger partial charge in [-0.2, -0.15) is 0 Å². The van der Waals surface area contributed by atoms with Crippen molar-refractivity contribution >= 4 is 11.8 Å². The zero-order valence-electron chi connectivity index (χ0n) is 15.5. The Labute approximate surface area is 154 Å². The quantitative estimate of drug-likeness (QED) is 0.828. The minimum atomic E-state index is -0.104. The SMILES string of the molecule is CC(C)(CCC(=O)N1CCN(C(=O)c2ccco2)CC1)c1ccccc1. The largest absolute Gasteiger partial charge is 0.459 e. The van der Waals surface area contributed by atoms with Crippen LogP contribution >= 0.6 is 0 Å². The van der Waals surface area contributed by atoms with Gasteiger partial charge in [0.05, 0.1) is 6.26 Å². The minimum absolute atomic E-state index is 0.0337. The van der Waals surface area contributed by atoms with Crippen molar-refractivity contribution in [2.45, 2.75) is 32.1 Å². The van der Waals surface area contributed by atoms with E-state index < -0.39 is 0 Å². The van der Waals surface area contributed by atoms with Crippen LogP contribution in [0.1, 0.15) is 42.8 Å². The van der Waals surface area contributed by atoms with Gasteiger partial charge in [-0.15, -0.1) is 0 Å². The number of carbonyl (C=O) groups is 2. The van der Waals surface area contributed by atoms with Crippen LogP contribution in [0.5, 0.6) is 0 Å². The molecule has 3 rings (SSSR count). The number of furan rings is 1. The first-order chi connectivity index (χ1) is 12.5. The Bertz CT molecular complexity index is 730. The van der Waals surface area contributed by atoms with E-state index in [1.165, 1.54) is 11.8 Å². The standard InChI is InChI=1S/C21H26N2O3/c1-21(2,17-7-4-3-5-8-17)11-10-19(24)22-12-14-23(15-13-22)20(25)18-9-6-16-26-18/h3-9,16H,10-15H2,1-2H3. The third-order valence-electron chi connectivity index (χ3n) is 5.17. The van der Waals surface area contributed by atoms with Crippen LogP contribution in [-0.4, -0.2) is 47.8 Å². The summed E-state index contributed by atoms with van der Waals surface area (Å²) >= 11 is 0. The lowest BCUT2D eigenvalue weighted by Crippen LogP contribution is -2.50. The Balaban J connectivity index is 1.49. The minimum Gasteiger partial charge on any atom is -0.459 e. The molecule has 0 atom stereocenters. The third kappa shape index (κ3) is 4.15. The fourth-order valence-electron chi connectivity index (χ4n) is 3.33. The van der Waals surface area contributed by atoms with Crippen molar-refractivity contribution in [1.29, 1.82) is 0 Å². The van der Waals surface area contributed by atoms with Gasteiger partial charge in [-0.3, -0.25) is 9.59 Å². The van der Waals surface area contributed by atoms with Crippen LogP contribution in [0.2, 0.25) is 0 Å². The fraction of sp³-hybridized carbons (Fsp3) is 0.429. The Morgan fingerprint density at radius 2 is 1.62 bits per heavy atom. The van der Waals surface area contributed by atoms with Gasteiger partial charge in [-0.05, 0) is 29.5 Å². The van der Waals surface area contributed by atoms with Crippen LogP contribution in [0.25, 0.3) is 0 Å². The second kappa shape index (κ2) is 7.77. The Morgan fingerprint density at radius 1 is 0.962 bits per heavy atom. The number of rotatable bonds is 5. The average Bonchev–Trinajstić information content (AvgIpc) is 3.21. The summed E-state index contributed by atoms with van der Waals surface area (Å²) in [4.78, 5) is 28.5. The molecule has 0 saturated carbocycles.